The van der Waals surface area contributed by atoms with E-state index < -0.39 is 0 Å². The zero-order valence-electron chi connectivity index (χ0n) is 11.4. The maximum absolute atomic E-state index is 6.01. The average Bonchev–Trinajstić information content (AvgIpc) is 2.80. The van der Waals surface area contributed by atoms with Crippen LogP contribution >= 0.6 is 0 Å². The van der Waals surface area contributed by atoms with Crippen molar-refractivity contribution in [1.29, 1.82) is 0 Å². The average molecular weight is 243 g/mol. The lowest BCUT2D eigenvalue weighted by Gasteiger charge is -2.17. The number of benzene rings is 1. The monoisotopic (exact) mass is 243 g/mol. The van der Waals surface area contributed by atoms with Crippen molar-refractivity contribution in [3.63, 3.8) is 0 Å². The fourth-order valence-electron chi connectivity index (χ4n) is 2.89. The molecule has 1 fully saturated rings. The van der Waals surface area contributed by atoms with E-state index in [1.807, 2.05) is 12.1 Å². The van der Waals surface area contributed by atoms with Crippen molar-refractivity contribution in [2.24, 2.45) is 11.3 Å². The van der Waals surface area contributed by atoms with Gasteiger partial charge in [0, 0.05) is 5.39 Å². The third-order valence-corrected chi connectivity index (χ3v) is 4.17. The maximum Gasteiger partial charge on any atom is 0.134 e. The summed E-state index contributed by atoms with van der Waals surface area (Å²) in [7, 11) is 0. The Kier molecular flexibility index (Phi) is 2.70. The quantitative estimate of drug-likeness (QED) is 0.873. The first-order chi connectivity index (χ1) is 8.62. The molecule has 0 bridgehead atoms. The number of fused-ring (bicyclic) bond motifs is 1. The summed E-state index contributed by atoms with van der Waals surface area (Å²) in [4.78, 5) is 0. The van der Waals surface area contributed by atoms with Gasteiger partial charge in [-0.2, -0.15) is 0 Å². The molecular weight excluding hydrogens is 222 g/mol. The minimum atomic E-state index is 0.359. The minimum Gasteiger partial charge on any atom is -0.459 e. The summed E-state index contributed by atoms with van der Waals surface area (Å²) in [5.41, 5.74) is 1.44. The Morgan fingerprint density at radius 2 is 2.11 bits per heavy atom. The molecule has 2 nitrogen and oxygen atoms in total. The van der Waals surface area contributed by atoms with Crippen LogP contribution in [0.4, 0.5) is 0 Å². The summed E-state index contributed by atoms with van der Waals surface area (Å²) >= 11 is 0. The topological polar surface area (TPSA) is 25.2 Å². The highest BCUT2D eigenvalue weighted by Crippen LogP contribution is 2.58. The molecule has 0 spiro atoms. The molecule has 96 valence electrons. The van der Waals surface area contributed by atoms with Crippen molar-refractivity contribution in [1.82, 2.24) is 5.32 Å². The Labute approximate surface area is 108 Å². The number of rotatable bonds is 4. The third-order valence-electron chi connectivity index (χ3n) is 4.17. The van der Waals surface area contributed by atoms with Crippen molar-refractivity contribution in [2.75, 3.05) is 6.54 Å². The van der Waals surface area contributed by atoms with Gasteiger partial charge in [-0.05, 0) is 36.4 Å². The van der Waals surface area contributed by atoms with Gasteiger partial charge < -0.3 is 9.73 Å². The van der Waals surface area contributed by atoms with Gasteiger partial charge in [0.05, 0.1) is 6.04 Å². The highest BCUT2D eigenvalue weighted by molar-refractivity contribution is 5.77. The molecule has 1 saturated carbocycles. The molecule has 2 atom stereocenters. The molecule has 1 aliphatic rings. The summed E-state index contributed by atoms with van der Waals surface area (Å²) in [5.74, 6) is 1.78. The fourth-order valence-corrected chi connectivity index (χ4v) is 2.89. The zero-order valence-corrected chi connectivity index (χ0v) is 11.4. The largest absolute Gasteiger partial charge is 0.459 e. The number of para-hydroxylation sites is 1. The van der Waals surface area contributed by atoms with E-state index in [1.165, 1.54) is 11.8 Å². The summed E-state index contributed by atoms with van der Waals surface area (Å²) < 4.78 is 6.01. The van der Waals surface area contributed by atoms with Crippen LogP contribution < -0.4 is 5.32 Å². The van der Waals surface area contributed by atoms with Crippen LogP contribution in [0.1, 0.15) is 39.0 Å². The molecule has 0 saturated heterocycles. The van der Waals surface area contributed by atoms with Crippen molar-refractivity contribution in [2.45, 2.75) is 33.2 Å². The standard InChI is InChI=1S/C16H21NO/c1-4-17-15(12-10-16(12,2)3)14-9-11-7-5-6-8-13(11)18-14/h5-9,12,15,17H,4,10H2,1-3H3. The van der Waals surface area contributed by atoms with E-state index in [1.54, 1.807) is 0 Å². The van der Waals surface area contributed by atoms with E-state index in [4.69, 9.17) is 4.42 Å². The molecular formula is C16H21NO. The van der Waals surface area contributed by atoms with Gasteiger partial charge in [-0.1, -0.05) is 39.0 Å². The van der Waals surface area contributed by atoms with E-state index in [-0.39, 0.29) is 0 Å². The van der Waals surface area contributed by atoms with Gasteiger partial charge in [0.25, 0.3) is 0 Å². The molecule has 1 heterocycles. The Morgan fingerprint density at radius 1 is 1.39 bits per heavy atom. The molecule has 0 amide bonds. The third kappa shape index (κ3) is 1.95. The molecule has 2 heteroatoms. The number of hydrogen-bond acceptors (Lipinski definition) is 2. The van der Waals surface area contributed by atoms with Crippen LogP contribution in [0.15, 0.2) is 34.7 Å². The van der Waals surface area contributed by atoms with Crippen molar-refractivity contribution in [3.05, 3.63) is 36.1 Å². The molecule has 1 aromatic heterocycles. The van der Waals surface area contributed by atoms with Gasteiger partial charge in [-0.25, -0.2) is 0 Å². The van der Waals surface area contributed by atoms with E-state index in [0.29, 0.717) is 17.4 Å². The molecule has 1 aliphatic carbocycles. The van der Waals surface area contributed by atoms with Crippen LogP contribution in [0.2, 0.25) is 0 Å². The minimum absolute atomic E-state index is 0.359. The second-order valence-electron chi connectivity index (χ2n) is 6.02. The fraction of sp³-hybridized carbons (Fsp3) is 0.500. The maximum atomic E-state index is 6.01. The second-order valence-corrected chi connectivity index (χ2v) is 6.02. The Balaban J connectivity index is 1.94. The van der Waals surface area contributed by atoms with Crippen LogP contribution in [-0.4, -0.2) is 6.54 Å². The number of hydrogen-bond donors (Lipinski definition) is 1. The van der Waals surface area contributed by atoms with Crippen LogP contribution in [0, 0.1) is 11.3 Å². The molecule has 3 rings (SSSR count). The van der Waals surface area contributed by atoms with E-state index in [0.717, 1.165) is 17.9 Å². The second kappa shape index (κ2) is 4.13. The van der Waals surface area contributed by atoms with Gasteiger partial charge in [-0.15, -0.1) is 0 Å². The van der Waals surface area contributed by atoms with Gasteiger partial charge in [0.2, 0.25) is 0 Å². The molecule has 18 heavy (non-hydrogen) atoms. The molecule has 0 radical (unpaired) electrons. The Bertz CT molecular complexity index is 522. The van der Waals surface area contributed by atoms with Gasteiger partial charge in [0.1, 0.15) is 11.3 Å². The van der Waals surface area contributed by atoms with Crippen molar-refractivity contribution >= 4 is 11.0 Å². The summed E-state index contributed by atoms with van der Waals surface area (Å²) in [6.45, 7) is 7.81. The highest BCUT2D eigenvalue weighted by Gasteiger charge is 2.51. The SMILES string of the molecule is CCNC(c1cc2ccccc2o1)C1CC1(C)C. The Morgan fingerprint density at radius 3 is 2.72 bits per heavy atom. The summed E-state index contributed by atoms with van der Waals surface area (Å²) in [5, 5.41) is 4.79. The zero-order chi connectivity index (χ0) is 12.8. The summed E-state index contributed by atoms with van der Waals surface area (Å²) in [6, 6.07) is 10.8. The molecule has 2 aromatic rings. The van der Waals surface area contributed by atoms with E-state index >= 15 is 0 Å². The van der Waals surface area contributed by atoms with E-state index in [2.05, 4.69) is 44.3 Å². The van der Waals surface area contributed by atoms with Crippen LogP contribution in [-0.2, 0) is 0 Å². The van der Waals surface area contributed by atoms with Gasteiger partial charge in [-0.3, -0.25) is 0 Å². The first-order valence-electron chi connectivity index (χ1n) is 6.83. The number of nitrogens with one attached hydrogen (secondary N) is 1. The molecule has 1 N–H and O–H groups in total. The van der Waals surface area contributed by atoms with Gasteiger partial charge in [0.15, 0.2) is 0 Å². The van der Waals surface area contributed by atoms with E-state index in [9.17, 15) is 0 Å². The molecule has 2 unspecified atom stereocenters. The lowest BCUT2D eigenvalue weighted by molar-refractivity contribution is 0.364. The summed E-state index contributed by atoms with van der Waals surface area (Å²) in [6.07, 6.45) is 1.28. The van der Waals surface area contributed by atoms with Crippen LogP contribution in [0.5, 0.6) is 0 Å². The van der Waals surface area contributed by atoms with Crippen LogP contribution in [0.25, 0.3) is 11.0 Å². The van der Waals surface area contributed by atoms with Crippen LogP contribution in [0.3, 0.4) is 0 Å². The van der Waals surface area contributed by atoms with Crippen molar-refractivity contribution < 1.29 is 4.42 Å². The predicted octanol–water partition coefficient (Wildman–Crippen LogP) is 4.13. The first-order valence-corrected chi connectivity index (χ1v) is 6.83. The normalized spacial score (nSPS) is 23.2. The highest BCUT2D eigenvalue weighted by atomic mass is 16.3. The first kappa shape index (κ1) is 11.8. The van der Waals surface area contributed by atoms with Crippen molar-refractivity contribution in [3.8, 4) is 0 Å². The Hall–Kier alpha value is -1.28. The molecule has 1 aromatic carbocycles. The number of furan rings is 1. The van der Waals surface area contributed by atoms with Gasteiger partial charge >= 0.3 is 0 Å². The lowest BCUT2D eigenvalue weighted by atomic mass is 10.0. The molecule has 0 aliphatic heterocycles. The lowest BCUT2D eigenvalue weighted by Crippen LogP contribution is -2.23. The smallest absolute Gasteiger partial charge is 0.134 e. The predicted molar refractivity (Wildman–Crippen MR) is 74.5 cm³/mol.